The monoisotopic (exact) mass is 234 g/mol. The van der Waals surface area contributed by atoms with Crippen molar-refractivity contribution in [3.05, 3.63) is 0 Å². The number of anilines is 2. The lowest BCUT2D eigenvalue weighted by molar-refractivity contribution is 0.314. The summed E-state index contributed by atoms with van der Waals surface area (Å²) >= 11 is 0. The molecular weight excluding hydrogens is 220 g/mol. The first-order valence-corrected chi connectivity index (χ1v) is 5.68. The summed E-state index contributed by atoms with van der Waals surface area (Å²) in [6, 6.07) is 0.500. The van der Waals surface area contributed by atoms with Crippen molar-refractivity contribution < 1.29 is 4.63 Å². The molecule has 1 saturated carbocycles. The highest BCUT2D eigenvalue weighted by Gasteiger charge is 2.21. The maximum absolute atomic E-state index is 4.63. The molecule has 2 heterocycles. The number of hydrogen-bond acceptors (Lipinski definition) is 7. The van der Waals surface area contributed by atoms with Crippen molar-refractivity contribution >= 4 is 22.9 Å². The third kappa shape index (κ3) is 1.77. The third-order valence-corrected chi connectivity index (χ3v) is 2.97. The van der Waals surface area contributed by atoms with Crippen LogP contribution in [0.2, 0.25) is 0 Å². The Bertz CT molecular complexity index is 533. The smallest absolute Gasteiger partial charge is 0.245 e. The van der Waals surface area contributed by atoms with Gasteiger partial charge in [-0.2, -0.15) is 0 Å². The van der Waals surface area contributed by atoms with Crippen molar-refractivity contribution in [2.24, 2.45) is 0 Å². The predicted octanol–water partition coefficient (Wildman–Crippen LogP) is 1.04. The molecular formula is C10H14N6O. The van der Waals surface area contributed by atoms with Gasteiger partial charge < -0.3 is 10.2 Å². The second kappa shape index (κ2) is 3.83. The van der Waals surface area contributed by atoms with Crippen LogP contribution in [0.1, 0.15) is 19.3 Å². The quantitative estimate of drug-likeness (QED) is 0.849. The molecule has 17 heavy (non-hydrogen) atoms. The van der Waals surface area contributed by atoms with Crippen LogP contribution in [0, 0.1) is 0 Å². The van der Waals surface area contributed by atoms with Gasteiger partial charge in [-0.05, 0) is 29.6 Å². The van der Waals surface area contributed by atoms with Gasteiger partial charge in [0.25, 0.3) is 0 Å². The molecule has 0 radical (unpaired) electrons. The fraction of sp³-hybridized carbons (Fsp3) is 0.600. The Hall–Kier alpha value is -1.92. The van der Waals surface area contributed by atoms with Crippen LogP contribution < -0.4 is 10.2 Å². The molecule has 2 aromatic rings. The van der Waals surface area contributed by atoms with Gasteiger partial charge in [0.2, 0.25) is 11.3 Å². The molecule has 2 aromatic heterocycles. The van der Waals surface area contributed by atoms with E-state index in [-0.39, 0.29) is 0 Å². The standard InChI is InChI=1S/C10H14N6O/c1-16(2)10-9(11-6-4-3-5-6)12-7-8(13-10)15-17-14-7/h6H,3-5H2,1-2H3,(H,11,12,14). The molecule has 0 aromatic carbocycles. The summed E-state index contributed by atoms with van der Waals surface area (Å²) < 4.78 is 4.63. The van der Waals surface area contributed by atoms with Crippen LogP contribution in [0.5, 0.6) is 0 Å². The molecule has 1 aliphatic carbocycles. The minimum atomic E-state index is 0.438. The highest BCUT2D eigenvalue weighted by atomic mass is 16.6. The van der Waals surface area contributed by atoms with Crippen molar-refractivity contribution in [2.45, 2.75) is 25.3 Å². The number of aromatic nitrogens is 4. The van der Waals surface area contributed by atoms with Crippen LogP contribution >= 0.6 is 0 Å². The first-order valence-electron chi connectivity index (χ1n) is 5.68. The summed E-state index contributed by atoms with van der Waals surface area (Å²) in [5.74, 6) is 1.52. The molecule has 0 atom stereocenters. The Kier molecular flexibility index (Phi) is 2.31. The van der Waals surface area contributed by atoms with Gasteiger partial charge >= 0.3 is 0 Å². The Balaban J connectivity index is 2.01. The van der Waals surface area contributed by atoms with Gasteiger partial charge in [-0.25, -0.2) is 14.6 Å². The minimum absolute atomic E-state index is 0.438. The summed E-state index contributed by atoms with van der Waals surface area (Å²) in [6.07, 6.45) is 3.64. The molecule has 0 aliphatic heterocycles. The highest BCUT2D eigenvalue weighted by Crippen LogP contribution is 2.27. The van der Waals surface area contributed by atoms with Gasteiger partial charge in [0.05, 0.1) is 0 Å². The van der Waals surface area contributed by atoms with E-state index < -0.39 is 0 Å². The fourth-order valence-electron chi connectivity index (χ4n) is 1.78. The van der Waals surface area contributed by atoms with Crippen LogP contribution in [-0.4, -0.2) is 40.4 Å². The summed E-state index contributed by atoms with van der Waals surface area (Å²) in [5.41, 5.74) is 0.880. The molecule has 1 fully saturated rings. The van der Waals surface area contributed by atoms with E-state index in [0.717, 1.165) is 11.6 Å². The number of hydrogen-bond donors (Lipinski definition) is 1. The lowest BCUT2D eigenvalue weighted by Gasteiger charge is -2.28. The Labute approximate surface area is 98.2 Å². The van der Waals surface area contributed by atoms with Crippen LogP contribution in [-0.2, 0) is 0 Å². The lowest BCUT2D eigenvalue weighted by Crippen LogP contribution is -2.29. The number of nitrogens with zero attached hydrogens (tertiary/aromatic N) is 5. The molecule has 0 unspecified atom stereocenters. The van der Waals surface area contributed by atoms with E-state index in [9.17, 15) is 0 Å². The summed E-state index contributed by atoms with van der Waals surface area (Å²) in [7, 11) is 3.85. The van der Waals surface area contributed by atoms with E-state index in [1.807, 2.05) is 19.0 Å². The summed E-state index contributed by atoms with van der Waals surface area (Å²) in [4.78, 5) is 10.7. The van der Waals surface area contributed by atoms with Gasteiger partial charge in [-0.3, -0.25) is 0 Å². The number of nitrogens with one attached hydrogen (secondary N) is 1. The molecule has 1 aliphatic rings. The number of fused-ring (bicyclic) bond motifs is 1. The molecule has 0 amide bonds. The average molecular weight is 234 g/mol. The van der Waals surface area contributed by atoms with Gasteiger partial charge in [-0.15, -0.1) is 0 Å². The minimum Gasteiger partial charge on any atom is -0.364 e. The molecule has 0 saturated heterocycles. The van der Waals surface area contributed by atoms with Crippen LogP contribution in [0.3, 0.4) is 0 Å². The summed E-state index contributed by atoms with van der Waals surface area (Å²) in [6.45, 7) is 0. The fourth-order valence-corrected chi connectivity index (χ4v) is 1.78. The molecule has 0 spiro atoms. The lowest BCUT2D eigenvalue weighted by atomic mass is 9.93. The maximum Gasteiger partial charge on any atom is 0.245 e. The van der Waals surface area contributed by atoms with Gasteiger partial charge in [-0.1, -0.05) is 0 Å². The first kappa shape index (κ1) is 10.2. The Morgan fingerprint density at radius 3 is 2.47 bits per heavy atom. The van der Waals surface area contributed by atoms with Crippen molar-refractivity contribution in [1.82, 2.24) is 20.3 Å². The second-order valence-electron chi connectivity index (χ2n) is 4.47. The zero-order valence-corrected chi connectivity index (χ0v) is 9.84. The highest BCUT2D eigenvalue weighted by molar-refractivity contribution is 5.73. The van der Waals surface area contributed by atoms with Crippen LogP contribution in [0.25, 0.3) is 11.3 Å². The molecule has 1 N–H and O–H groups in total. The van der Waals surface area contributed by atoms with E-state index >= 15 is 0 Å². The van der Waals surface area contributed by atoms with E-state index in [1.54, 1.807) is 0 Å². The Morgan fingerprint density at radius 2 is 1.88 bits per heavy atom. The molecule has 7 heteroatoms. The molecule has 0 bridgehead atoms. The van der Waals surface area contributed by atoms with Crippen LogP contribution in [0.4, 0.5) is 11.6 Å². The van der Waals surface area contributed by atoms with E-state index in [0.29, 0.717) is 17.3 Å². The molecule has 3 rings (SSSR count). The zero-order valence-electron chi connectivity index (χ0n) is 9.84. The largest absolute Gasteiger partial charge is 0.364 e. The zero-order chi connectivity index (χ0) is 11.8. The van der Waals surface area contributed by atoms with E-state index in [4.69, 9.17) is 0 Å². The normalized spacial score (nSPS) is 15.9. The summed E-state index contributed by atoms with van der Waals surface area (Å²) in [5, 5.41) is 10.8. The topological polar surface area (TPSA) is 80.0 Å². The average Bonchev–Trinajstić information content (AvgIpc) is 2.68. The van der Waals surface area contributed by atoms with Crippen molar-refractivity contribution in [1.29, 1.82) is 0 Å². The SMILES string of the molecule is CN(C)c1nc2nonc2nc1NC1CCC1. The molecule has 7 nitrogen and oxygen atoms in total. The molecule has 90 valence electrons. The second-order valence-corrected chi connectivity index (χ2v) is 4.47. The van der Waals surface area contributed by atoms with E-state index in [1.165, 1.54) is 19.3 Å². The van der Waals surface area contributed by atoms with Gasteiger partial charge in [0.15, 0.2) is 11.6 Å². The Morgan fingerprint density at radius 1 is 1.18 bits per heavy atom. The van der Waals surface area contributed by atoms with Crippen molar-refractivity contribution in [2.75, 3.05) is 24.3 Å². The van der Waals surface area contributed by atoms with Gasteiger partial charge in [0.1, 0.15) is 0 Å². The third-order valence-electron chi connectivity index (χ3n) is 2.97. The van der Waals surface area contributed by atoms with Crippen molar-refractivity contribution in [3.63, 3.8) is 0 Å². The number of rotatable bonds is 3. The van der Waals surface area contributed by atoms with Gasteiger partial charge in [0, 0.05) is 20.1 Å². The van der Waals surface area contributed by atoms with Crippen molar-refractivity contribution in [3.8, 4) is 0 Å². The van der Waals surface area contributed by atoms with E-state index in [2.05, 4.69) is 30.2 Å². The predicted molar refractivity (Wildman–Crippen MR) is 63.0 cm³/mol. The van der Waals surface area contributed by atoms with Crippen LogP contribution in [0.15, 0.2) is 4.63 Å². The first-order chi connectivity index (χ1) is 8.24. The maximum atomic E-state index is 4.63.